The Hall–Kier alpha value is -2.82. The fourth-order valence-electron chi connectivity index (χ4n) is 3.33. The van der Waals surface area contributed by atoms with Crippen LogP contribution in [0.25, 0.3) is 0 Å². The first-order valence-corrected chi connectivity index (χ1v) is 10.4. The van der Waals surface area contributed by atoms with Crippen molar-refractivity contribution in [3.05, 3.63) is 95.6 Å². The third kappa shape index (κ3) is 6.09. The molecular weight excluding hydrogens is 372 g/mol. The van der Waals surface area contributed by atoms with Crippen molar-refractivity contribution in [2.45, 2.75) is 45.6 Å². The summed E-state index contributed by atoms with van der Waals surface area (Å²) in [5.41, 5.74) is 9.77. The van der Waals surface area contributed by atoms with E-state index in [1.807, 2.05) is 66.7 Å². The molecule has 0 amide bonds. The maximum Gasteiger partial charge on any atom is 0.142 e. The van der Waals surface area contributed by atoms with E-state index in [1.54, 1.807) is 0 Å². The van der Waals surface area contributed by atoms with Crippen LogP contribution in [0.4, 0.5) is 5.69 Å². The van der Waals surface area contributed by atoms with Crippen molar-refractivity contribution in [3.63, 3.8) is 0 Å². The first kappa shape index (κ1) is 21.9. The minimum absolute atomic E-state index is 0.0822. The van der Waals surface area contributed by atoms with Gasteiger partial charge in [0, 0.05) is 18.6 Å². The molecule has 0 aliphatic rings. The molecule has 3 aromatic rings. The van der Waals surface area contributed by atoms with Crippen LogP contribution in [0.3, 0.4) is 0 Å². The first-order chi connectivity index (χ1) is 14.3. The highest BCUT2D eigenvalue weighted by Gasteiger charge is 2.25. The van der Waals surface area contributed by atoms with Crippen molar-refractivity contribution in [2.24, 2.45) is 0 Å². The molecular formula is C26H32N2O2. The molecule has 1 unspecified atom stereocenters. The second-order valence-corrected chi connectivity index (χ2v) is 8.62. The largest absolute Gasteiger partial charge is 0.487 e. The highest BCUT2D eigenvalue weighted by molar-refractivity contribution is 5.54. The second-order valence-electron chi connectivity index (χ2n) is 8.62. The number of aliphatic hydroxyl groups is 1. The monoisotopic (exact) mass is 404 g/mol. The number of hydrogen-bond acceptors (Lipinski definition) is 4. The lowest BCUT2D eigenvalue weighted by atomic mass is 10.0. The van der Waals surface area contributed by atoms with E-state index in [9.17, 15) is 5.11 Å². The Bertz CT molecular complexity index is 921. The molecule has 3 aromatic carbocycles. The third-order valence-electron chi connectivity index (χ3n) is 5.21. The van der Waals surface area contributed by atoms with Gasteiger partial charge in [-0.25, -0.2) is 0 Å². The average Bonchev–Trinajstić information content (AvgIpc) is 2.73. The van der Waals surface area contributed by atoms with Gasteiger partial charge in [-0.05, 0) is 49.6 Å². The fraction of sp³-hybridized carbons (Fsp3) is 0.308. The molecule has 4 heteroatoms. The number of aliphatic hydroxyl groups excluding tert-OH is 1. The molecule has 158 valence electrons. The Labute approximate surface area is 179 Å². The summed E-state index contributed by atoms with van der Waals surface area (Å²) >= 11 is 0. The van der Waals surface area contributed by atoms with Crippen molar-refractivity contribution in [2.75, 3.05) is 12.3 Å². The van der Waals surface area contributed by atoms with Crippen LogP contribution in [0, 0.1) is 0 Å². The summed E-state index contributed by atoms with van der Waals surface area (Å²) in [5.74, 6) is 0.631. The van der Waals surface area contributed by atoms with Gasteiger partial charge < -0.3 is 15.6 Å². The number of β-amino-alcohol motifs (C(OH)–C–C–N with tert-alkyl or cyclic N) is 1. The van der Waals surface area contributed by atoms with Gasteiger partial charge in [0.2, 0.25) is 0 Å². The molecule has 0 aromatic heterocycles. The quantitative estimate of drug-likeness (QED) is 0.508. The van der Waals surface area contributed by atoms with Crippen LogP contribution in [0.2, 0.25) is 0 Å². The van der Waals surface area contributed by atoms with Gasteiger partial charge >= 0.3 is 0 Å². The highest BCUT2D eigenvalue weighted by Crippen LogP contribution is 2.28. The normalized spacial score (nSPS) is 12.7. The van der Waals surface area contributed by atoms with E-state index in [0.29, 0.717) is 24.6 Å². The molecule has 3 rings (SSSR count). The molecule has 0 aliphatic carbocycles. The summed E-state index contributed by atoms with van der Waals surface area (Å²) in [4.78, 5) is 2.28. The topological polar surface area (TPSA) is 58.7 Å². The van der Waals surface area contributed by atoms with Gasteiger partial charge in [-0.1, -0.05) is 66.7 Å². The maximum absolute atomic E-state index is 10.9. The number of hydrogen-bond donors (Lipinski definition) is 2. The lowest BCUT2D eigenvalue weighted by Gasteiger charge is -2.37. The molecule has 30 heavy (non-hydrogen) atoms. The zero-order valence-corrected chi connectivity index (χ0v) is 18.1. The Morgan fingerprint density at radius 1 is 0.900 bits per heavy atom. The van der Waals surface area contributed by atoms with Gasteiger partial charge in [-0.2, -0.15) is 0 Å². The standard InChI is InChI=1S/C26H32N2O2/c1-26(2,3)28(17-20-10-6-4-7-11-20)18-24(29)22-14-15-25(23(27)16-22)30-19-21-12-8-5-9-13-21/h4-16,24,29H,17-19,27H2,1-3H3. The Kier molecular flexibility index (Phi) is 7.14. The molecule has 0 saturated carbocycles. The highest BCUT2D eigenvalue weighted by atomic mass is 16.5. The Balaban J connectivity index is 1.67. The zero-order chi connectivity index (χ0) is 21.6. The van der Waals surface area contributed by atoms with E-state index in [4.69, 9.17) is 10.5 Å². The molecule has 0 radical (unpaired) electrons. The summed E-state index contributed by atoms with van der Waals surface area (Å²) in [6.45, 7) is 8.24. The van der Waals surface area contributed by atoms with E-state index >= 15 is 0 Å². The first-order valence-electron chi connectivity index (χ1n) is 10.4. The van der Waals surface area contributed by atoms with Gasteiger partial charge in [0.15, 0.2) is 0 Å². The lowest BCUT2D eigenvalue weighted by molar-refractivity contribution is 0.0523. The van der Waals surface area contributed by atoms with Crippen LogP contribution in [-0.2, 0) is 13.2 Å². The summed E-state index contributed by atoms with van der Waals surface area (Å²) in [5, 5.41) is 10.9. The molecule has 0 saturated heterocycles. The second kappa shape index (κ2) is 9.79. The van der Waals surface area contributed by atoms with Crippen LogP contribution in [0.15, 0.2) is 78.9 Å². The third-order valence-corrected chi connectivity index (χ3v) is 5.21. The number of nitrogen functional groups attached to an aromatic ring is 1. The molecule has 1 atom stereocenters. The molecule has 0 aliphatic heterocycles. The van der Waals surface area contributed by atoms with Crippen molar-refractivity contribution >= 4 is 5.69 Å². The van der Waals surface area contributed by atoms with E-state index in [2.05, 4.69) is 37.8 Å². The number of ether oxygens (including phenoxy) is 1. The number of anilines is 1. The molecule has 0 fully saturated rings. The predicted molar refractivity (Wildman–Crippen MR) is 123 cm³/mol. The van der Waals surface area contributed by atoms with Crippen LogP contribution in [-0.4, -0.2) is 22.1 Å². The maximum atomic E-state index is 10.9. The van der Waals surface area contributed by atoms with Gasteiger partial charge in [0.1, 0.15) is 12.4 Å². The SMILES string of the molecule is CC(C)(C)N(Cc1ccccc1)CC(O)c1ccc(OCc2ccccc2)c(N)c1. The summed E-state index contributed by atoms with van der Waals surface area (Å²) in [6.07, 6.45) is -0.640. The summed E-state index contributed by atoms with van der Waals surface area (Å²) < 4.78 is 5.85. The lowest BCUT2D eigenvalue weighted by Crippen LogP contribution is -2.43. The fourth-order valence-corrected chi connectivity index (χ4v) is 3.33. The predicted octanol–water partition coefficient (Wildman–Crippen LogP) is 5.18. The van der Waals surface area contributed by atoms with E-state index in [1.165, 1.54) is 5.56 Å². The van der Waals surface area contributed by atoms with Gasteiger partial charge in [-0.3, -0.25) is 4.90 Å². The summed E-state index contributed by atoms with van der Waals surface area (Å²) in [6, 6.07) is 25.9. The number of rotatable bonds is 8. The van der Waals surface area contributed by atoms with Crippen molar-refractivity contribution < 1.29 is 9.84 Å². The minimum atomic E-state index is -0.640. The molecule has 3 N–H and O–H groups in total. The van der Waals surface area contributed by atoms with Gasteiger partial charge in [0.05, 0.1) is 11.8 Å². The van der Waals surface area contributed by atoms with E-state index < -0.39 is 6.10 Å². The molecule has 0 bridgehead atoms. The number of nitrogens with zero attached hydrogens (tertiary/aromatic N) is 1. The van der Waals surface area contributed by atoms with Crippen LogP contribution >= 0.6 is 0 Å². The average molecular weight is 405 g/mol. The zero-order valence-electron chi connectivity index (χ0n) is 18.1. The number of nitrogens with two attached hydrogens (primary N) is 1. The van der Waals surface area contributed by atoms with Crippen molar-refractivity contribution in [1.29, 1.82) is 0 Å². The number of benzene rings is 3. The van der Waals surface area contributed by atoms with Crippen molar-refractivity contribution in [1.82, 2.24) is 4.90 Å². The van der Waals surface area contributed by atoms with Gasteiger partial charge in [-0.15, -0.1) is 0 Å². The van der Waals surface area contributed by atoms with Gasteiger partial charge in [0.25, 0.3) is 0 Å². The molecule has 0 heterocycles. The summed E-state index contributed by atoms with van der Waals surface area (Å²) in [7, 11) is 0. The van der Waals surface area contributed by atoms with Crippen LogP contribution in [0.1, 0.15) is 43.6 Å². The minimum Gasteiger partial charge on any atom is -0.487 e. The Morgan fingerprint density at radius 3 is 2.07 bits per heavy atom. The Morgan fingerprint density at radius 2 is 1.50 bits per heavy atom. The van der Waals surface area contributed by atoms with E-state index in [0.717, 1.165) is 17.7 Å². The van der Waals surface area contributed by atoms with Crippen molar-refractivity contribution in [3.8, 4) is 5.75 Å². The molecule has 0 spiro atoms. The van der Waals surface area contributed by atoms with Crippen LogP contribution in [0.5, 0.6) is 5.75 Å². The van der Waals surface area contributed by atoms with E-state index in [-0.39, 0.29) is 5.54 Å². The van der Waals surface area contributed by atoms with Crippen LogP contribution < -0.4 is 10.5 Å². The molecule has 4 nitrogen and oxygen atoms in total. The smallest absolute Gasteiger partial charge is 0.142 e.